The van der Waals surface area contributed by atoms with E-state index < -0.39 is 127 Å². The number of carboxylic acid groups (broad SMARTS) is 1. The van der Waals surface area contributed by atoms with E-state index in [1.807, 2.05) is 0 Å². The zero-order chi connectivity index (χ0) is 58.4. The Hall–Kier alpha value is -7.52. The van der Waals surface area contributed by atoms with Crippen molar-refractivity contribution in [1.29, 1.82) is 0 Å². The summed E-state index contributed by atoms with van der Waals surface area (Å²) in [5, 5.41) is 49.0. The van der Waals surface area contributed by atoms with Gasteiger partial charge in [-0.3, -0.25) is 53.3 Å². The van der Waals surface area contributed by atoms with Crippen molar-refractivity contribution >= 4 is 83.7 Å². The molecule has 0 saturated carbocycles. The molecule has 8 amide bonds. The first kappa shape index (κ1) is 67.5. The van der Waals surface area contributed by atoms with Crippen molar-refractivity contribution in [2.45, 2.75) is 133 Å². The number of nitrogens with two attached hydrogens (primary N) is 7. The molecule has 32 nitrogen and oxygen atoms in total. The molecular weight excluding hydrogens is 1030 g/mol. The van der Waals surface area contributed by atoms with Crippen molar-refractivity contribution in [3.8, 4) is 0 Å². The zero-order valence-corrected chi connectivity index (χ0v) is 44.6. The third-order valence-corrected chi connectivity index (χ3v) is 11.4. The van der Waals surface area contributed by atoms with Gasteiger partial charge < -0.3 is 103 Å². The highest BCUT2D eigenvalue weighted by Gasteiger charge is 2.36. The van der Waals surface area contributed by atoms with Crippen molar-refractivity contribution in [1.82, 2.24) is 52.5 Å². The van der Waals surface area contributed by atoms with E-state index in [1.165, 1.54) is 12.5 Å². The van der Waals surface area contributed by atoms with Gasteiger partial charge in [-0.15, -0.1) is 0 Å². The predicted octanol–water partition coefficient (Wildman–Crippen LogP) is -7.98. The summed E-state index contributed by atoms with van der Waals surface area (Å²) in [4.78, 5) is 140. The summed E-state index contributed by atoms with van der Waals surface area (Å²) in [6.07, 6.45) is 2.64. The first-order chi connectivity index (χ1) is 36.2. The van der Waals surface area contributed by atoms with Gasteiger partial charge in [0.05, 0.1) is 19.5 Å². The number of aliphatic carboxylic acids is 1. The van der Waals surface area contributed by atoms with E-state index in [9.17, 15) is 58.5 Å². The third-order valence-electron chi connectivity index (χ3n) is 11.1. The molecule has 0 spiro atoms. The number of nitrogens with zero attached hydrogens (tertiary/aromatic N) is 4. The predicted molar refractivity (Wildman–Crippen MR) is 285 cm³/mol. The molecular formula is C44H80N20O12S. The van der Waals surface area contributed by atoms with Gasteiger partial charge in [-0.05, 0) is 56.8 Å². The number of aliphatic hydroxyl groups excluding tert-OH is 2. The van der Waals surface area contributed by atoms with Gasteiger partial charge in [0.1, 0.15) is 54.4 Å². The minimum atomic E-state index is -1.63. The Bertz CT molecular complexity index is 2170. The number of carboxylic acids is 1. The van der Waals surface area contributed by atoms with Crippen LogP contribution in [0, 0.1) is 11.8 Å². The number of amides is 8. The van der Waals surface area contributed by atoms with Crippen molar-refractivity contribution in [3.63, 3.8) is 0 Å². The summed E-state index contributed by atoms with van der Waals surface area (Å²) in [7, 11) is 0. The van der Waals surface area contributed by atoms with Crippen LogP contribution in [0.15, 0.2) is 27.5 Å². The van der Waals surface area contributed by atoms with Crippen LogP contribution in [0.2, 0.25) is 0 Å². The fourth-order valence-electron chi connectivity index (χ4n) is 7.00. The number of rotatable bonds is 37. The summed E-state index contributed by atoms with van der Waals surface area (Å²) in [5.74, 6) is -10.6. The molecule has 0 aliphatic heterocycles. The molecule has 1 aromatic rings. The molecule has 9 atom stereocenters. The van der Waals surface area contributed by atoms with E-state index in [0.717, 1.165) is 0 Å². The van der Waals surface area contributed by atoms with Crippen LogP contribution in [0.1, 0.15) is 78.3 Å². The number of guanidine groups is 3. The molecule has 0 radical (unpaired) electrons. The highest BCUT2D eigenvalue weighted by atomic mass is 32.1. The van der Waals surface area contributed by atoms with Gasteiger partial charge >= 0.3 is 5.97 Å². The minimum absolute atomic E-state index is 0.000334. The van der Waals surface area contributed by atoms with Crippen LogP contribution in [-0.2, 0) is 49.6 Å². The maximum Gasteiger partial charge on any atom is 0.326 e. The zero-order valence-electron chi connectivity index (χ0n) is 43.7. The Morgan fingerprint density at radius 2 is 0.948 bits per heavy atom. The molecule has 0 aliphatic carbocycles. The van der Waals surface area contributed by atoms with E-state index in [2.05, 4.69) is 80.1 Å². The summed E-state index contributed by atoms with van der Waals surface area (Å²) in [6, 6.07) is -12.8. The van der Waals surface area contributed by atoms with Gasteiger partial charge in [0, 0.05) is 43.7 Å². The number of hydrogen-bond donors (Lipinski definition) is 20. The first-order valence-corrected chi connectivity index (χ1v) is 25.2. The third kappa shape index (κ3) is 26.7. The number of carbonyl (C=O) groups excluding carboxylic acids is 8. The number of thiol groups is 1. The second-order valence-corrected chi connectivity index (χ2v) is 18.8. The van der Waals surface area contributed by atoms with Crippen molar-refractivity contribution in [3.05, 3.63) is 18.2 Å². The fourth-order valence-corrected chi connectivity index (χ4v) is 7.26. The Labute approximate surface area is 450 Å². The molecule has 434 valence electrons. The molecule has 0 bridgehead atoms. The average molecular weight is 1110 g/mol. The molecule has 0 aromatic carbocycles. The van der Waals surface area contributed by atoms with Gasteiger partial charge in [-0.2, -0.15) is 12.6 Å². The maximum atomic E-state index is 14.1. The number of H-pyrrole nitrogens is 1. The number of carbonyl (C=O) groups is 9. The maximum absolute atomic E-state index is 14.1. The van der Waals surface area contributed by atoms with Gasteiger partial charge in [0.15, 0.2) is 17.9 Å². The Morgan fingerprint density at radius 3 is 1.32 bits per heavy atom. The molecule has 1 aromatic heterocycles. The smallest absolute Gasteiger partial charge is 0.326 e. The topological polar surface area (TPSA) is 558 Å². The number of aromatic nitrogens is 2. The Balaban J connectivity index is 3.48. The lowest BCUT2D eigenvalue weighted by atomic mass is 10.00. The van der Waals surface area contributed by atoms with Crippen molar-refractivity contribution < 1.29 is 58.5 Å². The molecule has 26 N–H and O–H groups in total. The summed E-state index contributed by atoms with van der Waals surface area (Å²) in [5.41, 5.74) is 38.7. The Morgan fingerprint density at radius 1 is 0.558 bits per heavy atom. The second kappa shape index (κ2) is 35.7. The lowest BCUT2D eigenvalue weighted by molar-refractivity contribution is -0.142. The van der Waals surface area contributed by atoms with Crippen LogP contribution < -0.4 is 82.7 Å². The van der Waals surface area contributed by atoms with Gasteiger partial charge in [0.2, 0.25) is 47.3 Å². The number of imidazole rings is 1. The van der Waals surface area contributed by atoms with Crippen LogP contribution in [0.4, 0.5) is 0 Å². The molecule has 0 saturated heterocycles. The number of aromatic amines is 1. The van der Waals surface area contributed by atoms with Crippen molar-refractivity contribution in [2.75, 3.05) is 38.6 Å². The van der Waals surface area contributed by atoms with Gasteiger partial charge in [0.25, 0.3) is 0 Å². The second-order valence-electron chi connectivity index (χ2n) is 18.4. The van der Waals surface area contributed by atoms with Gasteiger partial charge in [-0.1, -0.05) is 27.7 Å². The number of aliphatic imine (C=N–C) groups is 3. The number of hydrogen-bond acceptors (Lipinski definition) is 17. The Kier molecular flexibility index (Phi) is 31.3. The van der Waals surface area contributed by atoms with E-state index >= 15 is 0 Å². The molecule has 1 heterocycles. The summed E-state index contributed by atoms with van der Waals surface area (Å²) < 4.78 is 0. The SMILES string of the molecule is CC(C)C[C@H](NC(=O)[C@H](CCCN=C(N)N)NC(=O)[C@@H](NC(=O)[C@H](CS)NC(=O)[C@H](CCCN=C(N)N)NC(=O)[C@H](CCCN=C(N)N)NC(=O)[C@H](CO)NC(=O)[C@@H](N)CO)C(C)C)C(=O)N[C@@H](Cc1cnc[nH]1)C(=O)O. The van der Waals surface area contributed by atoms with Crippen LogP contribution >= 0.6 is 12.6 Å². The highest BCUT2D eigenvalue weighted by molar-refractivity contribution is 7.80. The number of aliphatic hydroxyl groups is 2. The lowest BCUT2D eigenvalue weighted by Crippen LogP contribution is -2.61. The molecule has 77 heavy (non-hydrogen) atoms. The van der Waals surface area contributed by atoms with E-state index in [-0.39, 0.29) is 101 Å². The monoisotopic (exact) mass is 1110 g/mol. The summed E-state index contributed by atoms with van der Waals surface area (Å²) >= 11 is 4.27. The van der Waals surface area contributed by atoms with Crippen LogP contribution in [0.5, 0.6) is 0 Å². The molecule has 1 rings (SSSR count). The van der Waals surface area contributed by atoms with Crippen LogP contribution in [0.3, 0.4) is 0 Å². The molecule has 0 fully saturated rings. The molecule has 0 unspecified atom stereocenters. The van der Waals surface area contributed by atoms with Crippen LogP contribution in [0.25, 0.3) is 0 Å². The normalized spacial score (nSPS) is 14.5. The molecule has 33 heteroatoms. The van der Waals surface area contributed by atoms with Crippen molar-refractivity contribution in [2.24, 2.45) is 66.9 Å². The summed E-state index contributed by atoms with van der Waals surface area (Å²) in [6.45, 7) is 5.05. The van der Waals surface area contributed by atoms with E-state index in [1.54, 1.807) is 27.7 Å². The lowest BCUT2D eigenvalue weighted by Gasteiger charge is -2.29. The molecule has 0 aliphatic rings. The average Bonchev–Trinajstić information content (AvgIpc) is 3.88. The van der Waals surface area contributed by atoms with E-state index in [4.69, 9.17) is 40.1 Å². The number of nitrogens with one attached hydrogen (secondary N) is 9. The largest absolute Gasteiger partial charge is 0.480 e. The van der Waals surface area contributed by atoms with Crippen LogP contribution in [-0.4, -0.2) is 189 Å². The van der Waals surface area contributed by atoms with Gasteiger partial charge in [-0.25, -0.2) is 9.78 Å². The highest BCUT2D eigenvalue weighted by Crippen LogP contribution is 2.12. The fraction of sp³-hybridized carbons (Fsp3) is 0.659. The quantitative estimate of drug-likeness (QED) is 0.0127. The first-order valence-electron chi connectivity index (χ1n) is 24.6. The standard InChI is InChI=1S/C44H80N20O12S/c1-21(2)14-28(37(71)61-29(41(75)76)15-23-16-52-20-56-23)60-35(69)27(10-7-13-55-44(50)51)59-40(74)32(22(3)4)64-39(73)31(19-77)63-36(70)26(9-6-12-54-43(48)49)57-34(68)25(8-5-11-53-42(46)47)58-38(72)30(18-66)62-33(67)24(45)17-65/h16,20-22,24-32,65-66,77H,5-15,17-19,45H2,1-4H3,(H,52,56)(H,57,68)(H,58,72)(H,59,74)(H,60,69)(H,61,71)(H,62,67)(H,63,70)(H,64,73)(H,75,76)(H4,46,47,53)(H4,48,49,54)(H4,50,51,55)/t24-,25-,26-,27-,28-,29-,30-,31-,32-/m0/s1. The van der Waals surface area contributed by atoms with E-state index in [0.29, 0.717) is 5.69 Å². The minimum Gasteiger partial charge on any atom is -0.480 e.